The highest BCUT2D eigenvalue weighted by molar-refractivity contribution is 7.07. The highest BCUT2D eigenvalue weighted by Crippen LogP contribution is 2.42. The van der Waals surface area contributed by atoms with Crippen LogP contribution in [0.2, 0.25) is 0 Å². The van der Waals surface area contributed by atoms with Gasteiger partial charge in [0.15, 0.2) is 4.80 Å². The highest BCUT2D eigenvalue weighted by Gasteiger charge is 2.42. The molecule has 29 heavy (non-hydrogen) atoms. The molecule has 0 radical (unpaired) electrons. The van der Waals surface area contributed by atoms with Gasteiger partial charge in [0.25, 0.3) is 5.56 Å². The Morgan fingerprint density at radius 2 is 2.03 bits per heavy atom. The number of ether oxygens (including phenoxy) is 2. The standard InChI is InChI=1S/C21H16F2N2O3S/c1-21-11-15(14-4-2-3-5-16(14)28-21)25-18(26)17(29-20(25)24-21)10-12-6-8-13(9-7-12)27-19(22)23/h2-10,15,19H,11H2,1H3/b17-10+/t15-,21-/m0/s1. The topological polar surface area (TPSA) is 52.8 Å². The van der Waals surface area contributed by atoms with Crippen LogP contribution >= 0.6 is 11.3 Å². The van der Waals surface area contributed by atoms with E-state index < -0.39 is 12.3 Å². The summed E-state index contributed by atoms with van der Waals surface area (Å²) in [4.78, 5) is 18.5. The van der Waals surface area contributed by atoms with E-state index in [4.69, 9.17) is 9.73 Å². The molecule has 2 bridgehead atoms. The number of para-hydroxylation sites is 1. The van der Waals surface area contributed by atoms with Crippen LogP contribution in [0, 0.1) is 0 Å². The zero-order chi connectivity index (χ0) is 20.2. The van der Waals surface area contributed by atoms with Crippen molar-refractivity contribution >= 4 is 17.4 Å². The van der Waals surface area contributed by atoms with Crippen molar-refractivity contribution in [3.05, 3.63) is 79.3 Å². The first-order chi connectivity index (χ1) is 13.9. The summed E-state index contributed by atoms with van der Waals surface area (Å²) < 4.78 is 37.3. The normalized spacial score (nSPS) is 22.5. The van der Waals surface area contributed by atoms with Gasteiger partial charge in [0.05, 0.1) is 10.6 Å². The number of hydrogen-bond donors (Lipinski definition) is 0. The quantitative estimate of drug-likeness (QED) is 0.662. The molecule has 2 aliphatic rings. The number of benzene rings is 2. The maximum absolute atomic E-state index is 13.2. The molecule has 5 rings (SSSR count). The molecular weight excluding hydrogens is 398 g/mol. The van der Waals surface area contributed by atoms with Gasteiger partial charge in [-0.2, -0.15) is 8.78 Å². The van der Waals surface area contributed by atoms with E-state index in [9.17, 15) is 13.6 Å². The van der Waals surface area contributed by atoms with E-state index in [-0.39, 0.29) is 17.4 Å². The Bertz CT molecular complexity index is 1270. The van der Waals surface area contributed by atoms with E-state index in [0.29, 0.717) is 21.3 Å². The van der Waals surface area contributed by atoms with Crippen molar-refractivity contribution in [3.63, 3.8) is 0 Å². The smallest absolute Gasteiger partial charge is 0.387 e. The Morgan fingerprint density at radius 3 is 2.79 bits per heavy atom. The minimum Gasteiger partial charge on any atom is -0.466 e. The Hall–Kier alpha value is -3.00. The summed E-state index contributed by atoms with van der Waals surface area (Å²) >= 11 is 1.30. The van der Waals surface area contributed by atoms with Gasteiger partial charge in [-0.3, -0.25) is 9.36 Å². The lowest BCUT2D eigenvalue weighted by Crippen LogP contribution is -2.49. The van der Waals surface area contributed by atoms with Gasteiger partial charge in [-0.05, 0) is 36.8 Å². The van der Waals surface area contributed by atoms with Crippen molar-refractivity contribution < 1.29 is 18.3 Å². The van der Waals surface area contributed by atoms with Gasteiger partial charge in [0, 0.05) is 12.0 Å². The van der Waals surface area contributed by atoms with Crippen molar-refractivity contribution in [1.29, 1.82) is 0 Å². The third-order valence-electron chi connectivity index (χ3n) is 5.06. The second-order valence-corrected chi connectivity index (χ2v) is 8.17. The monoisotopic (exact) mass is 414 g/mol. The molecule has 0 unspecified atom stereocenters. The lowest BCUT2D eigenvalue weighted by Gasteiger charge is -2.39. The van der Waals surface area contributed by atoms with Gasteiger partial charge < -0.3 is 9.47 Å². The number of nitrogens with zero attached hydrogens (tertiary/aromatic N) is 2. The number of halogens is 2. The molecule has 1 aromatic heterocycles. The lowest BCUT2D eigenvalue weighted by atomic mass is 9.93. The molecule has 3 aromatic rings. The summed E-state index contributed by atoms with van der Waals surface area (Å²) in [5, 5.41) is 0. The molecule has 0 saturated carbocycles. The fraction of sp³-hybridized carbons (Fsp3) is 0.238. The fourth-order valence-corrected chi connectivity index (χ4v) is 4.96. The maximum atomic E-state index is 13.2. The van der Waals surface area contributed by atoms with Gasteiger partial charge in [0.2, 0.25) is 5.72 Å². The summed E-state index contributed by atoms with van der Waals surface area (Å²) in [5.41, 5.74) is 0.863. The van der Waals surface area contributed by atoms with E-state index in [1.54, 1.807) is 22.8 Å². The SMILES string of the molecule is C[C@@]12C[C@@H](c3ccccc3O1)n1c(s/c(=C/c3ccc(OC(F)F)cc3)c1=O)=N2. The Morgan fingerprint density at radius 1 is 1.28 bits per heavy atom. The highest BCUT2D eigenvalue weighted by atomic mass is 32.1. The van der Waals surface area contributed by atoms with Crippen LogP contribution in [0.15, 0.2) is 58.3 Å². The largest absolute Gasteiger partial charge is 0.466 e. The second-order valence-electron chi connectivity index (χ2n) is 7.16. The van der Waals surface area contributed by atoms with Crippen molar-refractivity contribution in [2.24, 2.45) is 4.99 Å². The number of rotatable bonds is 3. The molecule has 0 amide bonds. The summed E-state index contributed by atoms with van der Waals surface area (Å²) in [7, 11) is 0. The third kappa shape index (κ3) is 3.13. The summed E-state index contributed by atoms with van der Waals surface area (Å²) in [5.74, 6) is 0.823. The van der Waals surface area contributed by atoms with Crippen LogP contribution in [-0.2, 0) is 0 Å². The zero-order valence-corrected chi connectivity index (χ0v) is 16.2. The van der Waals surface area contributed by atoms with Crippen LogP contribution in [0.1, 0.15) is 30.5 Å². The van der Waals surface area contributed by atoms with Gasteiger partial charge in [0.1, 0.15) is 11.5 Å². The molecule has 5 nitrogen and oxygen atoms in total. The first-order valence-electron chi connectivity index (χ1n) is 9.08. The van der Waals surface area contributed by atoms with Crippen LogP contribution in [0.4, 0.5) is 8.78 Å². The van der Waals surface area contributed by atoms with E-state index >= 15 is 0 Å². The molecule has 8 heteroatoms. The van der Waals surface area contributed by atoms with Crippen molar-refractivity contribution in [2.75, 3.05) is 0 Å². The van der Waals surface area contributed by atoms with Gasteiger partial charge >= 0.3 is 6.61 Å². The number of fused-ring (bicyclic) bond motifs is 6. The maximum Gasteiger partial charge on any atom is 0.387 e. The minimum absolute atomic E-state index is 0.0739. The Labute approximate surface area is 168 Å². The average molecular weight is 414 g/mol. The first kappa shape index (κ1) is 18.1. The van der Waals surface area contributed by atoms with E-state index in [1.807, 2.05) is 31.2 Å². The van der Waals surface area contributed by atoms with Gasteiger partial charge in [-0.1, -0.05) is 41.7 Å². The molecule has 148 valence electrons. The number of aromatic nitrogens is 1. The zero-order valence-electron chi connectivity index (χ0n) is 15.3. The van der Waals surface area contributed by atoms with E-state index in [2.05, 4.69) is 4.74 Å². The summed E-state index contributed by atoms with van der Waals surface area (Å²) in [6.07, 6.45) is 2.33. The van der Waals surface area contributed by atoms with Gasteiger partial charge in [-0.25, -0.2) is 4.99 Å². The van der Waals surface area contributed by atoms with Crippen LogP contribution in [0.3, 0.4) is 0 Å². The second kappa shape index (κ2) is 6.52. The first-order valence-corrected chi connectivity index (χ1v) is 9.89. The molecule has 2 atom stereocenters. The molecule has 0 aliphatic carbocycles. The van der Waals surface area contributed by atoms with E-state index in [1.165, 1.54) is 23.5 Å². The minimum atomic E-state index is -2.87. The van der Waals surface area contributed by atoms with Crippen molar-refractivity contribution in [2.45, 2.75) is 31.7 Å². The Balaban J connectivity index is 1.61. The molecule has 0 saturated heterocycles. The molecule has 3 heterocycles. The Kier molecular flexibility index (Phi) is 4.06. The average Bonchev–Trinajstić information content (AvgIpc) is 2.97. The summed E-state index contributed by atoms with van der Waals surface area (Å²) in [6, 6.07) is 13.7. The number of thiazole rings is 1. The predicted molar refractivity (Wildman–Crippen MR) is 104 cm³/mol. The van der Waals surface area contributed by atoms with Crippen molar-refractivity contribution in [1.82, 2.24) is 4.57 Å². The lowest BCUT2D eigenvalue weighted by molar-refractivity contribution is -0.0498. The molecule has 2 aromatic carbocycles. The molecule has 2 aliphatic heterocycles. The van der Waals surface area contributed by atoms with Crippen LogP contribution in [0.25, 0.3) is 6.08 Å². The third-order valence-corrected chi connectivity index (χ3v) is 6.05. The number of hydrogen-bond acceptors (Lipinski definition) is 5. The van der Waals surface area contributed by atoms with Crippen LogP contribution < -0.4 is 24.4 Å². The van der Waals surface area contributed by atoms with Crippen molar-refractivity contribution in [3.8, 4) is 11.5 Å². The number of alkyl halides is 2. The molecule has 0 N–H and O–H groups in total. The fourth-order valence-electron chi connectivity index (χ4n) is 3.83. The van der Waals surface area contributed by atoms with Crippen LogP contribution in [-0.4, -0.2) is 16.9 Å². The van der Waals surface area contributed by atoms with Crippen LogP contribution in [0.5, 0.6) is 11.5 Å². The molecular formula is C21H16F2N2O3S. The molecule has 0 fully saturated rings. The summed E-state index contributed by atoms with van der Waals surface area (Å²) in [6.45, 7) is -0.944. The van der Waals surface area contributed by atoms with E-state index in [0.717, 1.165) is 11.3 Å². The molecule has 0 spiro atoms. The predicted octanol–water partition coefficient (Wildman–Crippen LogP) is 3.06. The van der Waals surface area contributed by atoms with Gasteiger partial charge in [-0.15, -0.1) is 0 Å².